The first-order valence-corrected chi connectivity index (χ1v) is 29.6. The summed E-state index contributed by atoms with van der Waals surface area (Å²) in [7, 11) is 0. The van der Waals surface area contributed by atoms with Gasteiger partial charge in [-0.05, 0) is 152 Å². The van der Waals surface area contributed by atoms with E-state index in [0.29, 0.717) is 0 Å². The molecule has 8 heteroatoms. The standard InChI is InChI=1S/C80H58N8/c1-9-30-59(31-10-1)79-81-75-48-25-27-50-77(75)87(79)73-55-69(83(61-34-13-3-14-35-61)62-36-15-4-16-37-62)53-71(57-73)85(65-42-21-7-22-43-65)67-46-29-47-68(52-67)86(66-44-23-8-24-45-66)72-54-70(84(63-38-17-5-18-39-63)64-40-19-6-20-41-64)56-74(58-72)88-78-51-28-26-49-76(78)82-80(88)60-32-11-2-12-33-60/h1-58H. The average molecular weight is 1130 g/mol. The molecule has 0 saturated carbocycles. The van der Waals surface area contributed by atoms with Crippen molar-refractivity contribution in [2.24, 2.45) is 0 Å². The minimum atomic E-state index is 0.849. The molecule has 13 aromatic carbocycles. The van der Waals surface area contributed by atoms with Gasteiger partial charge in [-0.15, -0.1) is 0 Å². The molecule has 88 heavy (non-hydrogen) atoms. The number of rotatable bonds is 16. The summed E-state index contributed by atoms with van der Waals surface area (Å²) in [6, 6.07) is 125. The normalized spacial score (nSPS) is 11.2. The molecule has 0 bridgehead atoms. The van der Waals surface area contributed by atoms with E-state index < -0.39 is 0 Å². The van der Waals surface area contributed by atoms with Gasteiger partial charge < -0.3 is 19.6 Å². The Morgan fingerprint density at radius 3 is 0.716 bits per heavy atom. The van der Waals surface area contributed by atoms with Crippen molar-refractivity contribution in [3.05, 3.63) is 352 Å². The predicted molar refractivity (Wildman–Crippen MR) is 365 cm³/mol. The first-order valence-electron chi connectivity index (χ1n) is 29.6. The number of aromatic nitrogens is 4. The molecule has 0 amide bonds. The fourth-order valence-electron chi connectivity index (χ4n) is 12.1. The average Bonchev–Trinajstić information content (AvgIpc) is 2.29. The first-order chi connectivity index (χ1) is 43.7. The third-order valence-electron chi connectivity index (χ3n) is 15.9. The van der Waals surface area contributed by atoms with E-state index in [1.807, 2.05) is 0 Å². The van der Waals surface area contributed by atoms with Crippen LogP contribution in [0.15, 0.2) is 352 Å². The minimum Gasteiger partial charge on any atom is -0.310 e. The molecule has 0 saturated heterocycles. The van der Waals surface area contributed by atoms with Crippen LogP contribution in [-0.2, 0) is 0 Å². The van der Waals surface area contributed by atoms with Gasteiger partial charge >= 0.3 is 0 Å². The van der Waals surface area contributed by atoms with Gasteiger partial charge in [-0.2, -0.15) is 0 Å². The van der Waals surface area contributed by atoms with E-state index in [0.717, 1.165) is 124 Å². The van der Waals surface area contributed by atoms with Crippen molar-refractivity contribution in [2.45, 2.75) is 0 Å². The van der Waals surface area contributed by atoms with Crippen LogP contribution >= 0.6 is 0 Å². The van der Waals surface area contributed by atoms with E-state index in [2.05, 4.69) is 381 Å². The van der Waals surface area contributed by atoms with Crippen molar-refractivity contribution in [3.8, 4) is 34.2 Å². The fourth-order valence-corrected chi connectivity index (χ4v) is 12.1. The van der Waals surface area contributed by atoms with Crippen molar-refractivity contribution in [1.82, 2.24) is 19.1 Å². The Labute approximate surface area is 512 Å². The Kier molecular flexibility index (Phi) is 14.1. The van der Waals surface area contributed by atoms with Crippen LogP contribution in [-0.4, -0.2) is 19.1 Å². The summed E-state index contributed by atoms with van der Waals surface area (Å²) in [6.45, 7) is 0. The van der Waals surface area contributed by atoms with Crippen molar-refractivity contribution in [2.75, 3.05) is 19.6 Å². The molecule has 0 aliphatic rings. The summed E-state index contributed by atoms with van der Waals surface area (Å²) < 4.78 is 4.63. The number of hydrogen-bond donors (Lipinski definition) is 0. The number of hydrogen-bond acceptors (Lipinski definition) is 6. The Balaban J connectivity index is 0.979. The summed E-state index contributed by atoms with van der Waals surface area (Å²) in [5.74, 6) is 1.70. The Bertz CT molecular complexity index is 4460. The Hall–Kier alpha value is -12.0. The molecule has 8 nitrogen and oxygen atoms in total. The van der Waals surface area contributed by atoms with Gasteiger partial charge in [0.25, 0.3) is 0 Å². The number of fused-ring (bicyclic) bond motifs is 2. The molecule has 0 aliphatic carbocycles. The molecule has 0 spiro atoms. The van der Waals surface area contributed by atoms with Gasteiger partial charge in [0.05, 0.1) is 56.2 Å². The zero-order valence-electron chi connectivity index (χ0n) is 48.1. The van der Waals surface area contributed by atoms with Crippen molar-refractivity contribution in [3.63, 3.8) is 0 Å². The SMILES string of the molecule is c1ccc(-c2nc3ccccc3n2-c2cc(N(c3ccccc3)c3ccccc3)cc(N(c3ccccc3)c3cccc(N(c4ccccc4)c4cc(N(c5ccccc5)c5ccccc5)cc(-n5c(-c6ccccc6)nc6ccccc65)c4)c3)c2)cc1. The molecule has 0 aliphatic heterocycles. The van der Waals surface area contributed by atoms with Gasteiger partial charge in [0.2, 0.25) is 0 Å². The highest BCUT2D eigenvalue weighted by Crippen LogP contribution is 2.47. The van der Waals surface area contributed by atoms with Crippen LogP contribution in [0.2, 0.25) is 0 Å². The summed E-state index contributed by atoms with van der Waals surface area (Å²) in [5, 5.41) is 0. The minimum absolute atomic E-state index is 0.849. The molecule has 0 radical (unpaired) electrons. The maximum absolute atomic E-state index is 5.36. The lowest BCUT2D eigenvalue weighted by molar-refractivity contribution is 1.09. The second-order valence-corrected chi connectivity index (χ2v) is 21.5. The predicted octanol–water partition coefficient (Wildman–Crippen LogP) is 21.6. The van der Waals surface area contributed by atoms with Gasteiger partial charge in [-0.3, -0.25) is 9.13 Å². The second kappa shape index (κ2) is 23.6. The fraction of sp³-hybridized carbons (Fsp3) is 0. The van der Waals surface area contributed by atoms with E-state index >= 15 is 0 Å². The van der Waals surface area contributed by atoms with E-state index in [1.54, 1.807) is 0 Å². The summed E-state index contributed by atoms with van der Waals surface area (Å²) in [4.78, 5) is 20.2. The van der Waals surface area contributed by atoms with Gasteiger partial charge in [-0.1, -0.05) is 200 Å². The van der Waals surface area contributed by atoms with Crippen molar-refractivity contribution >= 4 is 90.3 Å². The van der Waals surface area contributed by atoms with Crippen molar-refractivity contribution in [1.29, 1.82) is 0 Å². The molecule has 0 N–H and O–H groups in total. The monoisotopic (exact) mass is 1130 g/mol. The number of para-hydroxylation sites is 10. The van der Waals surface area contributed by atoms with Gasteiger partial charge in [0.15, 0.2) is 0 Å². The zero-order valence-corrected chi connectivity index (χ0v) is 48.1. The number of nitrogens with zero attached hydrogens (tertiary/aromatic N) is 8. The van der Waals surface area contributed by atoms with E-state index in [1.165, 1.54) is 0 Å². The molecule has 2 aromatic heterocycles. The summed E-state index contributed by atoms with van der Waals surface area (Å²) in [5.41, 5.74) is 19.6. The lowest BCUT2D eigenvalue weighted by Gasteiger charge is -2.32. The van der Waals surface area contributed by atoms with Gasteiger partial charge in [-0.25, -0.2) is 9.97 Å². The van der Waals surface area contributed by atoms with Crippen LogP contribution in [0.4, 0.5) is 68.2 Å². The Morgan fingerprint density at radius 1 is 0.193 bits per heavy atom. The van der Waals surface area contributed by atoms with Gasteiger partial charge in [0, 0.05) is 56.6 Å². The number of anilines is 12. The smallest absolute Gasteiger partial charge is 0.145 e. The maximum atomic E-state index is 5.36. The van der Waals surface area contributed by atoms with Crippen LogP contribution in [0.25, 0.3) is 56.2 Å². The molecular weight excluding hydrogens is 1070 g/mol. The molecule has 15 rings (SSSR count). The molecule has 0 unspecified atom stereocenters. The third kappa shape index (κ3) is 10.3. The van der Waals surface area contributed by atoms with Crippen LogP contribution in [0, 0.1) is 0 Å². The number of imidazole rings is 2. The van der Waals surface area contributed by atoms with E-state index in [4.69, 9.17) is 9.97 Å². The lowest BCUT2D eigenvalue weighted by Crippen LogP contribution is -2.16. The maximum Gasteiger partial charge on any atom is 0.145 e. The molecule has 0 atom stereocenters. The largest absolute Gasteiger partial charge is 0.310 e. The Morgan fingerprint density at radius 2 is 0.420 bits per heavy atom. The molecule has 0 fully saturated rings. The van der Waals surface area contributed by atoms with Crippen LogP contribution in [0.5, 0.6) is 0 Å². The van der Waals surface area contributed by atoms with E-state index in [-0.39, 0.29) is 0 Å². The first kappa shape index (κ1) is 52.8. The molecule has 2 heterocycles. The molecule has 15 aromatic rings. The van der Waals surface area contributed by atoms with Crippen molar-refractivity contribution < 1.29 is 0 Å². The third-order valence-corrected chi connectivity index (χ3v) is 15.9. The van der Waals surface area contributed by atoms with Crippen LogP contribution in [0.1, 0.15) is 0 Å². The molecule has 418 valence electrons. The highest BCUT2D eigenvalue weighted by atomic mass is 15.2. The highest BCUT2D eigenvalue weighted by molar-refractivity contribution is 5.92. The topological polar surface area (TPSA) is 48.6 Å². The lowest BCUT2D eigenvalue weighted by atomic mass is 10.1. The highest BCUT2D eigenvalue weighted by Gasteiger charge is 2.26. The van der Waals surface area contributed by atoms with Crippen LogP contribution in [0.3, 0.4) is 0 Å². The molecular formula is C80H58N8. The quantitative estimate of drug-likeness (QED) is 0.0961. The number of benzene rings is 13. The second-order valence-electron chi connectivity index (χ2n) is 21.5. The summed E-state index contributed by atoms with van der Waals surface area (Å²) >= 11 is 0. The van der Waals surface area contributed by atoms with E-state index in [9.17, 15) is 0 Å². The zero-order chi connectivity index (χ0) is 58.6. The van der Waals surface area contributed by atoms with Crippen LogP contribution < -0.4 is 19.6 Å². The summed E-state index contributed by atoms with van der Waals surface area (Å²) in [6.07, 6.45) is 0. The van der Waals surface area contributed by atoms with Gasteiger partial charge in [0.1, 0.15) is 11.6 Å².